The maximum Gasteiger partial charge on any atom is 0.220 e. The highest BCUT2D eigenvalue weighted by molar-refractivity contribution is 7.10. The van der Waals surface area contributed by atoms with E-state index < -0.39 is 5.60 Å². The van der Waals surface area contributed by atoms with Crippen LogP contribution in [0.3, 0.4) is 0 Å². The molecule has 6 heteroatoms. The summed E-state index contributed by atoms with van der Waals surface area (Å²) in [5.74, 6) is 0.723. The predicted octanol–water partition coefficient (Wildman–Crippen LogP) is 3.80. The van der Waals surface area contributed by atoms with E-state index in [1.165, 1.54) is 22.7 Å². The maximum absolute atomic E-state index is 12.3. The van der Waals surface area contributed by atoms with Crippen molar-refractivity contribution in [3.05, 3.63) is 74.6 Å². The molecule has 0 spiro atoms. The number of amides is 1. The molecule has 1 aromatic carbocycles. The Labute approximate surface area is 161 Å². The van der Waals surface area contributed by atoms with E-state index in [2.05, 4.69) is 5.32 Å². The third kappa shape index (κ3) is 4.33. The Hall–Kier alpha value is -2.15. The summed E-state index contributed by atoms with van der Waals surface area (Å²) in [5.41, 5.74) is 0.692. The largest absolute Gasteiger partial charge is 0.497 e. The first-order chi connectivity index (χ1) is 12.6. The molecule has 3 aromatic rings. The molecule has 0 fully saturated rings. The van der Waals surface area contributed by atoms with E-state index in [0.29, 0.717) is 12.8 Å². The van der Waals surface area contributed by atoms with E-state index in [9.17, 15) is 9.90 Å². The summed E-state index contributed by atoms with van der Waals surface area (Å²) < 4.78 is 5.14. The number of carbonyl (C=O) groups is 1. The van der Waals surface area contributed by atoms with Gasteiger partial charge in [-0.15, -0.1) is 11.3 Å². The maximum atomic E-state index is 12.3. The highest BCUT2D eigenvalue weighted by Crippen LogP contribution is 2.33. The van der Waals surface area contributed by atoms with Crippen LogP contribution in [0.25, 0.3) is 0 Å². The topological polar surface area (TPSA) is 58.6 Å². The third-order valence-corrected chi connectivity index (χ3v) is 5.97. The van der Waals surface area contributed by atoms with Crippen molar-refractivity contribution in [2.45, 2.75) is 18.4 Å². The van der Waals surface area contributed by atoms with Gasteiger partial charge in [0.2, 0.25) is 5.91 Å². The number of hydrogen-bond acceptors (Lipinski definition) is 5. The highest BCUT2D eigenvalue weighted by Gasteiger charge is 2.33. The van der Waals surface area contributed by atoms with Crippen LogP contribution >= 0.6 is 22.7 Å². The summed E-state index contributed by atoms with van der Waals surface area (Å²) in [6.07, 6.45) is 1.02. The Morgan fingerprint density at radius 3 is 2.62 bits per heavy atom. The standard InChI is InChI=1S/C20H21NO3S2/c1-24-17-7-4-15(5-8-17)6-9-19(22)21-14-20(23,16-10-12-25-13-16)18-3-2-11-26-18/h2-5,7-8,10-13,23H,6,9,14H2,1H3,(H,21,22)/t20-/m1/s1. The SMILES string of the molecule is COc1ccc(CCC(=O)NC[C@@](O)(c2ccsc2)c2cccs2)cc1. The van der Waals surface area contributed by atoms with Crippen LogP contribution in [0.2, 0.25) is 0 Å². The zero-order valence-corrected chi connectivity index (χ0v) is 16.1. The fourth-order valence-electron chi connectivity index (χ4n) is 2.71. The quantitative estimate of drug-likeness (QED) is 0.618. The van der Waals surface area contributed by atoms with E-state index in [1.54, 1.807) is 7.11 Å². The molecule has 0 aliphatic heterocycles. The lowest BCUT2D eigenvalue weighted by Crippen LogP contribution is -2.41. The van der Waals surface area contributed by atoms with E-state index in [4.69, 9.17) is 4.74 Å². The molecule has 1 amide bonds. The average Bonchev–Trinajstić information content (AvgIpc) is 3.39. The lowest BCUT2D eigenvalue weighted by atomic mass is 9.94. The van der Waals surface area contributed by atoms with E-state index >= 15 is 0 Å². The molecule has 2 N–H and O–H groups in total. The number of aryl methyl sites for hydroxylation is 1. The van der Waals surface area contributed by atoms with Crippen LogP contribution in [0.1, 0.15) is 22.4 Å². The number of thiophene rings is 2. The van der Waals surface area contributed by atoms with Crippen molar-refractivity contribution in [1.82, 2.24) is 5.32 Å². The normalized spacial score (nSPS) is 13.2. The number of ether oxygens (including phenoxy) is 1. The number of hydrogen-bond donors (Lipinski definition) is 2. The monoisotopic (exact) mass is 387 g/mol. The first-order valence-electron chi connectivity index (χ1n) is 8.30. The fraction of sp³-hybridized carbons (Fsp3) is 0.250. The van der Waals surface area contributed by atoms with Crippen LogP contribution in [0.15, 0.2) is 58.6 Å². The van der Waals surface area contributed by atoms with E-state index in [1.807, 2.05) is 58.6 Å². The summed E-state index contributed by atoms with van der Waals surface area (Å²) in [5, 5.41) is 19.9. The molecule has 2 heterocycles. The van der Waals surface area contributed by atoms with Crippen molar-refractivity contribution in [2.24, 2.45) is 0 Å². The molecule has 3 rings (SSSR count). The van der Waals surface area contributed by atoms with Crippen molar-refractivity contribution in [3.8, 4) is 5.75 Å². The second-order valence-electron chi connectivity index (χ2n) is 5.97. The zero-order chi connectivity index (χ0) is 18.4. The number of carbonyl (C=O) groups excluding carboxylic acids is 1. The lowest BCUT2D eigenvalue weighted by Gasteiger charge is -2.27. The molecule has 1 atom stereocenters. The Morgan fingerprint density at radius 1 is 1.19 bits per heavy atom. The Morgan fingerprint density at radius 2 is 2.00 bits per heavy atom. The molecule has 0 aliphatic carbocycles. The molecular weight excluding hydrogens is 366 g/mol. The Kier molecular flexibility index (Phi) is 6.08. The molecule has 136 valence electrons. The number of aliphatic hydroxyl groups is 1. The number of methoxy groups -OCH3 is 1. The van der Waals surface area contributed by atoms with Gasteiger partial charge in [0.15, 0.2) is 0 Å². The number of nitrogens with one attached hydrogen (secondary N) is 1. The van der Waals surface area contributed by atoms with Crippen molar-refractivity contribution in [2.75, 3.05) is 13.7 Å². The first-order valence-corrected chi connectivity index (χ1v) is 10.1. The van der Waals surface area contributed by atoms with Crippen LogP contribution in [0.4, 0.5) is 0 Å². The van der Waals surface area contributed by atoms with E-state index in [-0.39, 0.29) is 12.5 Å². The summed E-state index contributed by atoms with van der Waals surface area (Å²) >= 11 is 3.02. The minimum atomic E-state index is -1.19. The van der Waals surface area contributed by atoms with Crippen LogP contribution in [-0.4, -0.2) is 24.7 Å². The fourth-order valence-corrected chi connectivity index (χ4v) is 4.28. The first kappa shape index (κ1) is 18.6. The van der Waals surface area contributed by atoms with Crippen LogP contribution in [-0.2, 0) is 16.8 Å². The lowest BCUT2D eigenvalue weighted by molar-refractivity contribution is -0.122. The van der Waals surface area contributed by atoms with Gasteiger partial charge in [-0.2, -0.15) is 11.3 Å². The van der Waals surface area contributed by atoms with Gasteiger partial charge in [0, 0.05) is 16.9 Å². The molecule has 0 aliphatic rings. The number of benzene rings is 1. The highest BCUT2D eigenvalue weighted by atomic mass is 32.1. The second kappa shape index (κ2) is 8.49. The minimum Gasteiger partial charge on any atom is -0.497 e. The predicted molar refractivity (Wildman–Crippen MR) is 106 cm³/mol. The van der Waals surface area contributed by atoms with Crippen molar-refractivity contribution >= 4 is 28.6 Å². The van der Waals surface area contributed by atoms with Gasteiger partial charge in [-0.25, -0.2) is 0 Å². The smallest absolute Gasteiger partial charge is 0.220 e. The van der Waals surface area contributed by atoms with E-state index in [0.717, 1.165) is 21.8 Å². The van der Waals surface area contributed by atoms with Crippen LogP contribution in [0.5, 0.6) is 5.75 Å². The van der Waals surface area contributed by atoms with Gasteiger partial charge in [-0.1, -0.05) is 18.2 Å². The molecule has 0 bridgehead atoms. The van der Waals surface area contributed by atoms with Gasteiger partial charge >= 0.3 is 0 Å². The van der Waals surface area contributed by atoms with Crippen molar-refractivity contribution < 1.29 is 14.6 Å². The molecule has 0 radical (unpaired) electrons. The Balaban J connectivity index is 1.59. The summed E-state index contributed by atoms with van der Waals surface area (Å²) in [7, 11) is 1.63. The molecule has 0 saturated carbocycles. The van der Waals surface area contributed by atoms with Crippen LogP contribution in [0, 0.1) is 0 Å². The van der Waals surface area contributed by atoms with Crippen LogP contribution < -0.4 is 10.1 Å². The van der Waals surface area contributed by atoms with Gasteiger partial charge in [-0.3, -0.25) is 4.79 Å². The average molecular weight is 388 g/mol. The molecule has 0 unspecified atom stereocenters. The third-order valence-electron chi connectivity index (χ3n) is 4.27. The number of rotatable bonds is 8. The van der Waals surface area contributed by atoms with Crippen molar-refractivity contribution in [1.29, 1.82) is 0 Å². The van der Waals surface area contributed by atoms with Crippen molar-refractivity contribution in [3.63, 3.8) is 0 Å². The van der Waals surface area contributed by atoms with Gasteiger partial charge in [0.25, 0.3) is 0 Å². The molecule has 2 aromatic heterocycles. The van der Waals surface area contributed by atoms with Gasteiger partial charge < -0.3 is 15.2 Å². The Bertz CT molecular complexity index is 777. The van der Waals surface area contributed by atoms with Gasteiger partial charge in [0.1, 0.15) is 11.4 Å². The summed E-state index contributed by atoms with van der Waals surface area (Å²) in [6, 6.07) is 13.4. The zero-order valence-electron chi connectivity index (χ0n) is 14.5. The molecule has 26 heavy (non-hydrogen) atoms. The molecular formula is C20H21NO3S2. The summed E-state index contributed by atoms with van der Waals surface area (Å²) in [4.78, 5) is 13.1. The molecule has 0 saturated heterocycles. The molecule has 4 nitrogen and oxygen atoms in total. The summed E-state index contributed by atoms with van der Waals surface area (Å²) in [6.45, 7) is 0.158. The second-order valence-corrected chi connectivity index (χ2v) is 7.70. The van der Waals surface area contributed by atoms with Gasteiger partial charge in [0.05, 0.1) is 13.7 Å². The van der Waals surface area contributed by atoms with Gasteiger partial charge in [-0.05, 0) is 52.4 Å². The minimum absolute atomic E-state index is 0.0778.